The van der Waals surface area contributed by atoms with Crippen LogP contribution in [0.15, 0.2) is 58.7 Å². The molecule has 0 saturated carbocycles. The van der Waals surface area contributed by atoms with E-state index in [0.29, 0.717) is 27.7 Å². The molecule has 1 N–H and O–H groups in total. The van der Waals surface area contributed by atoms with Gasteiger partial charge < -0.3 is 14.8 Å². The smallest absolute Gasteiger partial charge is 0.329 e. The fourth-order valence-corrected chi connectivity index (χ4v) is 4.20. The van der Waals surface area contributed by atoms with E-state index in [2.05, 4.69) is 10.3 Å². The second-order valence-electron chi connectivity index (χ2n) is 7.23. The highest BCUT2D eigenvalue weighted by molar-refractivity contribution is 7.09. The first-order valence-corrected chi connectivity index (χ1v) is 11.0. The fourth-order valence-electron chi connectivity index (χ4n) is 3.42. The van der Waals surface area contributed by atoms with E-state index >= 15 is 0 Å². The van der Waals surface area contributed by atoms with Crippen molar-refractivity contribution in [2.45, 2.75) is 19.6 Å². The lowest BCUT2D eigenvalue weighted by atomic mass is 10.3. The number of esters is 1. The quantitative estimate of drug-likeness (QED) is 0.401. The molecular weight excluding hydrogens is 444 g/mol. The van der Waals surface area contributed by atoms with Crippen LogP contribution in [0.3, 0.4) is 0 Å². The number of carbonyl (C=O) groups excluding carboxylic acids is 2. The minimum Gasteiger partial charge on any atom is -0.495 e. The number of carbonyl (C=O) groups is 2. The molecule has 2 aromatic carbocycles. The second kappa shape index (κ2) is 9.70. The Labute approximate surface area is 193 Å². The van der Waals surface area contributed by atoms with E-state index in [9.17, 15) is 14.4 Å². The summed E-state index contributed by atoms with van der Waals surface area (Å²) in [6.07, 6.45) is 0.0854. The maximum Gasteiger partial charge on any atom is 0.329 e. The molecule has 0 spiro atoms. The topological polar surface area (TPSA) is 104 Å². The molecule has 0 unspecified atom stereocenters. The molecule has 0 aliphatic carbocycles. The van der Waals surface area contributed by atoms with Gasteiger partial charge in [0.2, 0.25) is 5.91 Å². The van der Waals surface area contributed by atoms with Crippen molar-refractivity contribution in [3.63, 3.8) is 0 Å². The number of nitrogens with one attached hydrogen (secondary N) is 1. The molecule has 10 heteroatoms. The lowest BCUT2D eigenvalue weighted by Crippen LogP contribution is -2.26. The molecule has 0 aliphatic heterocycles. The Balaban J connectivity index is 1.33. The third kappa shape index (κ3) is 4.96. The highest BCUT2D eigenvalue weighted by Crippen LogP contribution is 2.23. The molecule has 170 valence electrons. The zero-order valence-electron chi connectivity index (χ0n) is 18.1. The Morgan fingerprint density at radius 3 is 2.61 bits per heavy atom. The van der Waals surface area contributed by atoms with Crippen LogP contribution in [0.2, 0.25) is 0 Å². The SMILES string of the molecule is COc1ccccc1NC(=O)Cc1nc(COC(=O)Cn2c(=O)n(C)c3ccccc32)cs1. The maximum atomic E-state index is 12.4. The number of amides is 1. The van der Waals surface area contributed by atoms with Gasteiger partial charge in [-0.2, -0.15) is 0 Å². The Morgan fingerprint density at radius 2 is 1.82 bits per heavy atom. The molecule has 0 bridgehead atoms. The summed E-state index contributed by atoms with van der Waals surface area (Å²) in [4.78, 5) is 41.5. The van der Waals surface area contributed by atoms with Crippen LogP contribution in [0, 0.1) is 0 Å². The number of ether oxygens (including phenoxy) is 2. The Morgan fingerprint density at radius 1 is 1.09 bits per heavy atom. The summed E-state index contributed by atoms with van der Waals surface area (Å²) in [6.45, 7) is -0.235. The lowest BCUT2D eigenvalue weighted by Gasteiger charge is -2.08. The molecule has 0 saturated heterocycles. The van der Waals surface area contributed by atoms with Gasteiger partial charge in [0.25, 0.3) is 0 Å². The number of fused-ring (bicyclic) bond motifs is 1. The molecule has 0 radical (unpaired) electrons. The van der Waals surface area contributed by atoms with E-state index in [1.54, 1.807) is 36.7 Å². The number of hydrogen-bond acceptors (Lipinski definition) is 7. The fraction of sp³-hybridized carbons (Fsp3) is 0.217. The highest BCUT2D eigenvalue weighted by atomic mass is 32.1. The van der Waals surface area contributed by atoms with Gasteiger partial charge in [-0.15, -0.1) is 11.3 Å². The van der Waals surface area contributed by atoms with Crippen LogP contribution in [0.25, 0.3) is 11.0 Å². The molecule has 0 fully saturated rings. The zero-order chi connectivity index (χ0) is 23.4. The van der Waals surface area contributed by atoms with E-state index in [-0.39, 0.29) is 31.2 Å². The first-order chi connectivity index (χ1) is 16.0. The number of rotatable bonds is 8. The normalized spacial score (nSPS) is 10.8. The zero-order valence-corrected chi connectivity index (χ0v) is 18.9. The number of para-hydroxylation sites is 4. The summed E-state index contributed by atoms with van der Waals surface area (Å²) < 4.78 is 13.4. The number of hydrogen-bond donors (Lipinski definition) is 1. The number of benzene rings is 2. The van der Waals surface area contributed by atoms with Crippen LogP contribution in [0.1, 0.15) is 10.7 Å². The van der Waals surface area contributed by atoms with Crippen LogP contribution >= 0.6 is 11.3 Å². The van der Waals surface area contributed by atoms with Crippen molar-refractivity contribution >= 4 is 39.9 Å². The summed E-state index contributed by atoms with van der Waals surface area (Å²) >= 11 is 1.31. The Hall–Kier alpha value is -3.92. The van der Waals surface area contributed by atoms with Gasteiger partial charge >= 0.3 is 11.7 Å². The van der Waals surface area contributed by atoms with Crippen molar-refractivity contribution in [2.75, 3.05) is 12.4 Å². The average molecular weight is 467 g/mol. The largest absolute Gasteiger partial charge is 0.495 e. The standard InChI is InChI=1S/C23H22N4O5S/c1-26-17-8-4-5-9-18(17)27(23(26)30)12-22(29)32-13-15-14-33-21(24-15)11-20(28)25-16-7-3-6-10-19(16)31-2/h3-10,14H,11-13H2,1-2H3,(H,25,28). The summed E-state index contributed by atoms with van der Waals surface area (Å²) in [7, 11) is 3.20. The third-order valence-electron chi connectivity index (χ3n) is 5.01. The van der Waals surface area contributed by atoms with Crippen molar-refractivity contribution in [3.8, 4) is 5.75 Å². The van der Waals surface area contributed by atoms with E-state index in [4.69, 9.17) is 9.47 Å². The second-order valence-corrected chi connectivity index (χ2v) is 8.18. The molecule has 0 atom stereocenters. The number of thiazole rings is 1. The molecule has 0 aliphatic rings. The number of anilines is 1. The number of aryl methyl sites for hydroxylation is 1. The van der Waals surface area contributed by atoms with Crippen LogP contribution in [0.4, 0.5) is 5.69 Å². The van der Waals surface area contributed by atoms with Gasteiger partial charge in [0.1, 0.15) is 23.9 Å². The number of aromatic nitrogens is 3. The summed E-state index contributed by atoms with van der Waals surface area (Å²) in [6, 6.07) is 14.4. The molecule has 4 aromatic rings. The van der Waals surface area contributed by atoms with E-state index in [0.717, 1.165) is 5.52 Å². The van der Waals surface area contributed by atoms with E-state index in [1.807, 2.05) is 24.3 Å². The summed E-state index contributed by atoms with van der Waals surface area (Å²) in [5, 5.41) is 5.14. The molecule has 9 nitrogen and oxygen atoms in total. The third-order valence-corrected chi connectivity index (χ3v) is 5.91. The first kappa shape index (κ1) is 22.3. The van der Waals surface area contributed by atoms with E-state index in [1.165, 1.54) is 27.6 Å². The lowest BCUT2D eigenvalue weighted by molar-refractivity contribution is -0.145. The van der Waals surface area contributed by atoms with Crippen molar-refractivity contribution in [1.29, 1.82) is 0 Å². The van der Waals surface area contributed by atoms with Gasteiger partial charge in [-0.1, -0.05) is 24.3 Å². The van der Waals surface area contributed by atoms with Crippen LogP contribution in [-0.2, 0) is 40.9 Å². The van der Waals surface area contributed by atoms with E-state index < -0.39 is 5.97 Å². The van der Waals surface area contributed by atoms with Gasteiger partial charge in [0.05, 0.1) is 35.9 Å². The van der Waals surface area contributed by atoms with Gasteiger partial charge in [-0.3, -0.25) is 18.7 Å². The molecule has 1 amide bonds. The predicted molar refractivity (Wildman–Crippen MR) is 124 cm³/mol. The summed E-state index contributed by atoms with van der Waals surface area (Å²) in [5.74, 6) is -0.201. The Bertz CT molecular complexity index is 1370. The minimum absolute atomic E-state index is 0.0387. The average Bonchev–Trinajstić information content (AvgIpc) is 3.36. The van der Waals surface area contributed by atoms with Gasteiger partial charge in [0, 0.05) is 12.4 Å². The molecule has 2 aromatic heterocycles. The van der Waals surface area contributed by atoms with Gasteiger partial charge in [-0.05, 0) is 24.3 Å². The highest BCUT2D eigenvalue weighted by Gasteiger charge is 2.15. The monoisotopic (exact) mass is 466 g/mol. The number of nitrogens with zero attached hydrogens (tertiary/aromatic N) is 3. The maximum absolute atomic E-state index is 12.4. The Kier molecular flexibility index (Phi) is 6.55. The van der Waals surface area contributed by atoms with Gasteiger partial charge in [0.15, 0.2) is 0 Å². The van der Waals surface area contributed by atoms with Crippen molar-refractivity contribution in [3.05, 3.63) is 75.1 Å². The first-order valence-electron chi connectivity index (χ1n) is 10.1. The predicted octanol–water partition coefficient (Wildman–Crippen LogP) is 2.73. The molecule has 33 heavy (non-hydrogen) atoms. The molecular formula is C23H22N4O5S. The van der Waals surface area contributed by atoms with Crippen LogP contribution in [0.5, 0.6) is 5.75 Å². The van der Waals surface area contributed by atoms with Crippen LogP contribution in [-0.4, -0.2) is 33.1 Å². The van der Waals surface area contributed by atoms with Gasteiger partial charge in [-0.25, -0.2) is 9.78 Å². The van der Waals surface area contributed by atoms with Crippen molar-refractivity contribution in [2.24, 2.45) is 7.05 Å². The van der Waals surface area contributed by atoms with Crippen molar-refractivity contribution < 1.29 is 19.1 Å². The number of methoxy groups -OCH3 is 1. The summed E-state index contributed by atoms with van der Waals surface area (Å²) in [5.41, 5.74) is 2.24. The minimum atomic E-state index is -0.545. The van der Waals surface area contributed by atoms with Crippen molar-refractivity contribution in [1.82, 2.24) is 14.1 Å². The molecule has 2 heterocycles. The molecule has 4 rings (SSSR count). The number of imidazole rings is 1. The van der Waals surface area contributed by atoms with Crippen LogP contribution < -0.4 is 15.7 Å².